The molecule has 3 rings (SSSR count). The third-order valence-corrected chi connectivity index (χ3v) is 2.79. The van der Waals surface area contributed by atoms with E-state index in [0.29, 0.717) is 24.7 Å². The lowest BCUT2D eigenvalue weighted by Gasteiger charge is -2.20. The van der Waals surface area contributed by atoms with E-state index in [4.69, 9.17) is 9.26 Å². The average molecular weight is 246 g/mol. The minimum atomic E-state index is 0.00824. The van der Waals surface area contributed by atoms with Gasteiger partial charge in [-0.25, -0.2) is 0 Å². The molecular formula is C12H14N4O2. The van der Waals surface area contributed by atoms with E-state index in [1.807, 2.05) is 12.1 Å². The van der Waals surface area contributed by atoms with Gasteiger partial charge in [-0.15, -0.1) is 0 Å². The van der Waals surface area contributed by atoms with E-state index in [-0.39, 0.29) is 6.04 Å². The standard InChI is InChI=1S/C12H14N4O2/c1-2-9(7-13-3-1)6-11-15-12(18-16-11)10-8-17-5-4-14-10/h1-3,7,10,14H,4-6,8H2. The fourth-order valence-electron chi connectivity index (χ4n) is 1.89. The maximum absolute atomic E-state index is 5.36. The molecule has 3 heterocycles. The van der Waals surface area contributed by atoms with Crippen LogP contribution in [0.25, 0.3) is 0 Å². The van der Waals surface area contributed by atoms with Crippen LogP contribution in [0.3, 0.4) is 0 Å². The Kier molecular flexibility index (Phi) is 3.29. The second-order valence-electron chi connectivity index (χ2n) is 4.17. The summed E-state index contributed by atoms with van der Waals surface area (Å²) in [5.74, 6) is 1.26. The molecule has 2 aromatic rings. The van der Waals surface area contributed by atoms with Crippen LogP contribution >= 0.6 is 0 Å². The Morgan fingerprint density at radius 2 is 2.44 bits per heavy atom. The molecule has 6 heteroatoms. The lowest BCUT2D eigenvalue weighted by molar-refractivity contribution is 0.0659. The molecule has 0 radical (unpaired) electrons. The number of nitrogens with zero attached hydrogens (tertiary/aromatic N) is 3. The first-order valence-electron chi connectivity index (χ1n) is 5.94. The van der Waals surface area contributed by atoms with E-state index in [0.717, 1.165) is 18.7 Å². The van der Waals surface area contributed by atoms with Gasteiger partial charge in [-0.1, -0.05) is 11.2 Å². The summed E-state index contributed by atoms with van der Waals surface area (Å²) in [6, 6.07) is 3.90. The number of hydrogen-bond acceptors (Lipinski definition) is 6. The molecular weight excluding hydrogens is 232 g/mol. The van der Waals surface area contributed by atoms with Crippen LogP contribution in [0.15, 0.2) is 29.0 Å². The first kappa shape index (κ1) is 11.3. The summed E-state index contributed by atoms with van der Waals surface area (Å²) in [5.41, 5.74) is 1.07. The molecule has 1 fully saturated rings. The molecule has 1 saturated heterocycles. The van der Waals surface area contributed by atoms with Crippen molar-refractivity contribution in [3.63, 3.8) is 0 Å². The molecule has 6 nitrogen and oxygen atoms in total. The Balaban J connectivity index is 1.69. The maximum Gasteiger partial charge on any atom is 0.246 e. The monoisotopic (exact) mass is 246 g/mol. The van der Waals surface area contributed by atoms with Crippen molar-refractivity contribution < 1.29 is 9.26 Å². The van der Waals surface area contributed by atoms with Gasteiger partial charge in [-0.05, 0) is 11.6 Å². The predicted molar refractivity (Wildman–Crippen MR) is 62.9 cm³/mol. The Labute approximate surface area is 104 Å². The topological polar surface area (TPSA) is 73.1 Å². The molecule has 18 heavy (non-hydrogen) atoms. The van der Waals surface area contributed by atoms with Crippen molar-refractivity contribution in [1.29, 1.82) is 0 Å². The van der Waals surface area contributed by atoms with Crippen LogP contribution in [0.1, 0.15) is 23.3 Å². The van der Waals surface area contributed by atoms with Gasteiger partial charge < -0.3 is 14.6 Å². The van der Waals surface area contributed by atoms with Crippen LogP contribution in [0.4, 0.5) is 0 Å². The van der Waals surface area contributed by atoms with Gasteiger partial charge in [0.1, 0.15) is 6.04 Å². The van der Waals surface area contributed by atoms with Crippen molar-refractivity contribution in [3.8, 4) is 0 Å². The van der Waals surface area contributed by atoms with E-state index in [1.54, 1.807) is 12.4 Å². The lowest BCUT2D eigenvalue weighted by Crippen LogP contribution is -2.34. The smallest absolute Gasteiger partial charge is 0.246 e. The Bertz CT molecular complexity index is 494. The van der Waals surface area contributed by atoms with Crippen LogP contribution in [0.2, 0.25) is 0 Å². The fraction of sp³-hybridized carbons (Fsp3) is 0.417. The van der Waals surface area contributed by atoms with Gasteiger partial charge in [0, 0.05) is 25.4 Å². The van der Waals surface area contributed by atoms with Crippen LogP contribution < -0.4 is 5.32 Å². The number of pyridine rings is 1. The van der Waals surface area contributed by atoms with Crippen LogP contribution in [-0.2, 0) is 11.2 Å². The molecule has 1 aliphatic rings. The summed E-state index contributed by atoms with van der Waals surface area (Å²) in [6.07, 6.45) is 4.18. The third-order valence-electron chi connectivity index (χ3n) is 2.79. The molecule has 1 atom stereocenters. The number of hydrogen-bond donors (Lipinski definition) is 1. The molecule has 0 spiro atoms. The molecule has 0 aromatic carbocycles. The van der Waals surface area contributed by atoms with E-state index < -0.39 is 0 Å². The second-order valence-corrected chi connectivity index (χ2v) is 4.17. The minimum Gasteiger partial charge on any atom is -0.378 e. The van der Waals surface area contributed by atoms with E-state index in [9.17, 15) is 0 Å². The van der Waals surface area contributed by atoms with Gasteiger partial charge in [0.25, 0.3) is 0 Å². The number of aromatic nitrogens is 3. The highest BCUT2D eigenvalue weighted by molar-refractivity contribution is 5.13. The molecule has 1 aliphatic heterocycles. The summed E-state index contributed by atoms with van der Waals surface area (Å²) in [5, 5.41) is 7.26. The summed E-state index contributed by atoms with van der Waals surface area (Å²) in [4.78, 5) is 8.44. The largest absolute Gasteiger partial charge is 0.378 e. The van der Waals surface area contributed by atoms with Gasteiger partial charge in [0.05, 0.1) is 13.2 Å². The quantitative estimate of drug-likeness (QED) is 0.860. The zero-order valence-electron chi connectivity index (χ0n) is 9.87. The lowest BCUT2D eigenvalue weighted by atomic mass is 10.2. The molecule has 0 amide bonds. The number of rotatable bonds is 3. The number of nitrogens with one attached hydrogen (secondary N) is 1. The van der Waals surface area contributed by atoms with Gasteiger partial charge in [-0.2, -0.15) is 4.98 Å². The van der Waals surface area contributed by atoms with Crippen molar-refractivity contribution in [2.75, 3.05) is 19.8 Å². The van der Waals surface area contributed by atoms with Crippen molar-refractivity contribution in [2.45, 2.75) is 12.5 Å². The van der Waals surface area contributed by atoms with Crippen molar-refractivity contribution in [3.05, 3.63) is 41.8 Å². The molecule has 1 unspecified atom stereocenters. The summed E-state index contributed by atoms with van der Waals surface area (Å²) in [6.45, 7) is 2.12. The molecule has 1 N–H and O–H groups in total. The first-order chi connectivity index (χ1) is 8.92. The Morgan fingerprint density at radius 3 is 3.22 bits per heavy atom. The zero-order valence-corrected chi connectivity index (χ0v) is 9.87. The number of morpholine rings is 1. The van der Waals surface area contributed by atoms with E-state index in [1.165, 1.54) is 0 Å². The average Bonchev–Trinajstić information content (AvgIpc) is 2.89. The molecule has 2 aromatic heterocycles. The zero-order chi connectivity index (χ0) is 12.2. The first-order valence-corrected chi connectivity index (χ1v) is 5.94. The summed E-state index contributed by atoms with van der Waals surface area (Å²) >= 11 is 0. The van der Waals surface area contributed by atoms with Gasteiger partial charge in [0.2, 0.25) is 5.89 Å². The Hall–Kier alpha value is -1.79. The second kappa shape index (κ2) is 5.24. The van der Waals surface area contributed by atoms with E-state index >= 15 is 0 Å². The highest BCUT2D eigenvalue weighted by Gasteiger charge is 2.21. The van der Waals surface area contributed by atoms with Crippen molar-refractivity contribution >= 4 is 0 Å². The van der Waals surface area contributed by atoms with Crippen molar-refractivity contribution in [2.24, 2.45) is 0 Å². The molecule has 0 saturated carbocycles. The fourth-order valence-corrected chi connectivity index (χ4v) is 1.89. The number of ether oxygens (including phenoxy) is 1. The van der Waals surface area contributed by atoms with Gasteiger partial charge >= 0.3 is 0 Å². The SMILES string of the molecule is c1cncc(Cc2noc(C3COCCN3)n2)c1. The normalized spacial score (nSPS) is 19.9. The molecule has 0 aliphatic carbocycles. The van der Waals surface area contributed by atoms with Crippen LogP contribution in [0.5, 0.6) is 0 Å². The van der Waals surface area contributed by atoms with Crippen molar-refractivity contribution in [1.82, 2.24) is 20.4 Å². The predicted octanol–water partition coefficient (Wildman–Crippen LogP) is 0.716. The van der Waals surface area contributed by atoms with Gasteiger partial charge in [0.15, 0.2) is 5.82 Å². The summed E-state index contributed by atoms with van der Waals surface area (Å²) in [7, 11) is 0. The highest BCUT2D eigenvalue weighted by atomic mass is 16.5. The van der Waals surface area contributed by atoms with Crippen LogP contribution in [-0.4, -0.2) is 34.9 Å². The highest BCUT2D eigenvalue weighted by Crippen LogP contribution is 2.14. The maximum atomic E-state index is 5.36. The van der Waals surface area contributed by atoms with Crippen LogP contribution in [0, 0.1) is 0 Å². The Morgan fingerprint density at radius 1 is 1.44 bits per heavy atom. The molecule has 0 bridgehead atoms. The molecule has 94 valence electrons. The third kappa shape index (κ3) is 2.55. The van der Waals surface area contributed by atoms with E-state index in [2.05, 4.69) is 20.4 Å². The minimum absolute atomic E-state index is 0.00824. The summed E-state index contributed by atoms with van der Waals surface area (Å²) < 4.78 is 10.6. The van der Waals surface area contributed by atoms with Gasteiger partial charge in [-0.3, -0.25) is 4.98 Å².